The number of amides is 1. The molecule has 5 radical (unpaired) electrons. The topological polar surface area (TPSA) is 55.4 Å². The first-order valence-electron chi connectivity index (χ1n) is 9.39. The van der Waals surface area contributed by atoms with Crippen LogP contribution in [-0.4, -0.2) is 30.8 Å². The molecular formula is C20H32NO3SSi. The lowest BCUT2D eigenvalue weighted by Gasteiger charge is -2.44. The van der Waals surface area contributed by atoms with E-state index in [2.05, 4.69) is 52.0 Å². The smallest absolute Gasteiger partial charge is 0.229 e. The van der Waals surface area contributed by atoms with E-state index in [1.54, 1.807) is 0 Å². The van der Waals surface area contributed by atoms with Crippen molar-refractivity contribution in [3.8, 4) is 0 Å². The first kappa shape index (κ1) is 22.0. The zero-order chi connectivity index (χ0) is 19.5. The highest BCUT2D eigenvalue weighted by atomic mass is 32.2. The molecule has 1 aliphatic carbocycles. The summed E-state index contributed by atoms with van der Waals surface area (Å²) in [5.41, 5.74) is 0. The first-order valence-corrected chi connectivity index (χ1v) is 13.2. The van der Waals surface area contributed by atoms with Crippen molar-refractivity contribution < 1.29 is 14.0 Å². The predicted molar refractivity (Wildman–Crippen MR) is 110 cm³/mol. The molecule has 1 amide bonds. The summed E-state index contributed by atoms with van der Waals surface area (Å²) in [4.78, 5) is 24.3. The van der Waals surface area contributed by atoms with Crippen molar-refractivity contribution in [2.45, 2.75) is 76.6 Å². The molecule has 1 N–H and O–H groups in total. The molecule has 4 nitrogen and oxygen atoms in total. The van der Waals surface area contributed by atoms with Crippen LogP contribution in [-0.2, 0) is 14.0 Å². The summed E-state index contributed by atoms with van der Waals surface area (Å²) in [6.45, 7) is 12.9. The van der Waals surface area contributed by atoms with Gasteiger partial charge >= 0.3 is 0 Å². The zero-order valence-electron chi connectivity index (χ0n) is 16.8. The van der Waals surface area contributed by atoms with Gasteiger partial charge in [0.05, 0.1) is 17.4 Å². The number of carbonyl (C=O) groups excluding carboxylic acids is 2. The molecule has 26 heavy (non-hydrogen) atoms. The van der Waals surface area contributed by atoms with Crippen LogP contribution in [0.15, 0.2) is 0 Å². The Morgan fingerprint density at radius 3 is 2.46 bits per heavy atom. The van der Waals surface area contributed by atoms with Gasteiger partial charge < -0.3 is 9.74 Å². The molecule has 0 aromatic heterocycles. The maximum atomic E-state index is 12.3. The summed E-state index contributed by atoms with van der Waals surface area (Å²) >= 11 is 1.26. The minimum atomic E-state index is -1.94. The number of rotatable bonds is 8. The molecule has 1 saturated heterocycles. The summed E-state index contributed by atoms with van der Waals surface area (Å²) in [7, 11) is -1.94. The molecule has 0 spiro atoms. The van der Waals surface area contributed by atoms with E-state index in [1.165, 1.54) is 17.7 Å². The summed E-state index contributed by atoms with van der Waals surface area (Å²) in [5, 5.41) is 2.96. The van der Waals surface area contributed by atoms with Crippen molar-refractivity contribution in [1.29, 1.82) is 0 Å². The van der Waals surface area contributed by atoms with Crippen molar-refractivity contribution >= 4 is 31.1 Å². The second-order valence-electron chi connectivity index (χ2n) is 8.67. The van der Waals surface area contributed by atoms with Crippen LogP contribution >= 0.6 is 11.8 Å². The van der Waals surface area contributed by atoms with Gasteiger partial charge in [0.25, 0.3) is 0 Å². The van der Waals surface area contributed by atoms with Gasteiger partial charge in [-0.05, 0) is 69.5 Å². The summed E-state index contributed by atoms with van der Waals surface area (Å²) in [6, 6.07) is 0. The fourth-order valence-corrected chi connectivity index (χ4v) is 5.50. The molecule has 0 aromatic carbocycles. The van der Waals surface area contributed by atoms with E-state index in [1.807, 2.05) is 19.8 Å². The normalized spacial score (nSPS) is 25.7. The number of hydrogen-bond donors (Lipinski definition) is 1. The number of hydrogen-bond acceptors (Lipinski definition) is 4. The Morgan fingerprint density at radius 1 is 1.31 bits per heavy atom. The number of nitrogens with one attached hydrogen (secondary N) is 1. The van der Waals surface area contributed by atoms with Crippen molar-refractivity contribution in [2.75, 3.05) is 0 Å². The zero-order valence-corrected chi connectivity index (χ0v) is 18.6. The van der Waals surface area contributed by atoms with E-state index < -0.39 is 8.32 Å². The Bertz CT molecular complexity index is 512. The Kier molecular flexibility index (Phi) is 7.42. The fourth-order valence-electron chi connectivity index (χ4n) is 2.86. The highest BCUT2D eigenvalue weighted by Crippen LogP contribution is 2.40. The van der Waals surface area contributed by atoms with Gasteiger partial charge in [0, 0.05) is 6.42 Å². The van der Waals surface area contributed by atoms with E-state index in [-0.39, 0.29) is 33.5 Å². The molecular weight excluding hydrogens is 362 g/mol. The summed E-state index contributed by atoms with van der Waals surface area (Å²) in [5.74, 6) is 1.03. The van der Waals surface area contributed by atoms with E-state index in [0.29, 0.717) is 6.42 Å². The summed E-state index contributed by atoms with van der Waals surface area (Å²) in [6.07, 6.45) is 10.3. The largest absolute Gasteiger partial charge is 0.413 e. The minimum absolute atomic E-state index is 0.00158. The third-order valence-electron chi connectivity index (χ3n) is 5.54. The molecule has 2 aliphatic rings. The Balaban J connectivity index is 1.78. The van der Waals surface area contributed by atoms with Crippen molar-refractivity contribution in [1.82, 2.24) is 5.32 Å². The second-order valence-corrected chi connectivity index (χ2v) is 14.6. The average Bonchev–Trinajstić information content (AvgIpc) is 2.97. The molecule has 1 heterocycles. The van der Waals surface area contributed by atoms with Crippen LogP contribution in [0.25, 0.3) is 0 Å². The van der Waals surface area contributed by atoms with Crippen LogP contribution in [0, 0.1) is 37.5 Å². The monoisotopic (exact) mass is 394 g/mol. The number of thioether (sulfide) groups is 1. The van der Waals surface area contributed by atoms with E-state index in [4.69, 9.17) is 4.43 Å². The first-order chi connectivity index (χ1) is 12.0. The van der Waals surface area contributed by atoms with Crippen LogP contribution < -0.4 is 5.32 Å². The van der Waals surface area contributed by atoms with Gasteiger partial charge in [-0.25, -0.2) is 0 Å². The Hall–Kier alpha value is -0.333. The van der Waals surface area contributed by atoms with Crippen LogP contribution in [0.3, 0.4) is 0 Å². The molecule has 0 unspecified atom stereocenters. The van der Waals surface area contributed by atoms with E-state index in [0.717, 1.165) is 12.8 Å². The fraction of sp³-hybridized carbons (Fsp3) is 0.650. The van der Waals surface area contributed by atoms with Crippen LogP contribution in [0.5, 0.6) is 0 Å². The maximum absolute atomic E-state index is 12.3. The van der Waals surface area contributed by atoms with Crippen LogP contribution in [0.2, 0.25) is 18.1 Å². The molecule has 145 valence electrons. The lowest BCUT2D eigenvalue weighted by Crippen LogP contribution is -2.62. The number of β-lactam (4-membered cyclic amide) rings is 1. The van der Waals surface area contributed by atoms with Gasteiger partial charge in [-0.1, -0.05) is 32.5 Å². The molecule has 1 saturated carbocycles. The predicted octanol–water partition coefficient (Wildman–Crippen LogP) is 4.30. The van der Waals surface area contributed by atoms with Gasteiger partial charge in [-0.15, -0.1) is 0 Å². The van der Waals surface area contributed by atoms with Crippen molar-refractivity contribution in [2.24, 2.45) is 5.92 Å². The van der Waals surface area contributed by atoms with Gasteiger partial charge in [-0.3, -0.25) is 9.59 Å². The number of carbonyl (C=O) groups is 2. The van der Waals surface area contributed by atoms with Crippen LogP contribution in [0.1, 0.15) is 47.0 Å². The van der Waals surface area contributed by atoms with Crippen LogP contribution in [0.4, 0.5) is 0 Å². The molecule has 2 fully saturated rings. The highest BCUT2D eigenvalue weighted by Gasteiger charge is 2.48. The second kappa shape index (κ2) is 8.78. The van der Waals surface area contributed by atoms with Crippen molar-refractivity contribution in [3.63, 3.8) is 0 Å². The molecule has 1 aliphatic heterocycles. The Labute approximate surface area is 164 Å². The lowest BCUT2D eigenvalue weighted by atomic mass is 9.96. The maximum Gasteiger partial charge on any atom is 0.229 e. The lowest BCUT2D eigenvalue weighted by molar-refractivity contribution is -0.136. The highest BCUT2D eigenvalue weighted by molar-refractivity contribution is 8.14. The standard InChI is InChI=1S/C20H32NO3SSi/c1-14(24-26(5,6)20(2,3)4)17-18(23)21-19(17)25-16(22)13-9-12-15-10-7-8-11-15/h7-8,10-11,14,17,19H,9,12-13H2,1-6H3,(H,21,23)/t14-,17+,19-/m1/s1. The van der Waals surface area contributed by atoms with Gasteiger partial charge in [0.2, 0.25) is 5.91 Å². The summed E-state index contributed by atoms with van der Waals surface area (Å²) < 4.78 is 6.37. The SMILES string of the molecule is C[C@@H](O[Si](C)(C)C(C)(C)C)[C@H]1C(=O)N[C@@H]1SC(=O)CCC[C]1[CH][CH][CH][CH]1. The molecule has 0 aromatic rings. The molecule has 2 rings (SSSR count). The van der Waals surface area contributed by atoms with Gasteiger partial charge in [0.1, 0.15) is 0 Å². The van der Waals surface area contributed by atoms with E-state index in [9.17, 15) is 9.59 Å². The third kappa shape index (κ3) is 5.58. The molecule has 0 bridgehead atoms. The van der Waals surface area contributed by atoms with Crippen molar-refractivity contribution in [3.05, 3.63) is 31.6 Å². The quantitative estimate of drug-likeness (QED) is 0.492. The minimum Gasteiger partial charge on any atom is -0.413 e. The van der Waals surface area contributed by atoms with Gasteiger partial charge in [0.15, 0.2) is 13.4 Å². The molecule has 3 atom stereocenters. The van der Waals surface area contributed by atoms with E-state index >= 15 is 0 Å². The third-order valence-corrected chi connectivity index (χ3v) is 11.2. The van der Waals surface area contributed by atoms with Gasteiger partial charge in [-0.2, -0.15) is 0 Å². The molecule has 6 heteroatoms. The average molecular weight is 395 g/mol. The Morgan fingerprint density at radius 2 is 1.92 bits per heavy atom.